The monoisotopic (exact) mass is 212 g/mol. The first-order valence-corrected chi connectivity index (χ1v) is 4.59. The second-order valence-electron chi connectivity index (χ2n) is 2.87. The normalized spacial score (nSPS) is 9.00. The molecule has 0 aromatic carbocycles. The molecule has 4 nitrogen and oxygen atoms in total. The van der Waals surface area contributed by atoms with Crippen LogP contribution in [0.3, 0.4) is 0 Å². The van der Waals surface area contributed by atoms with Crippen LogP contribution in [0, 0.1) is 10.1 Å². The SMILES string of the molecule is CCCCCCCC[N-][N+](=O)[O-].[K+]. The first-order valence-electron chi connectivity index (χ1n) is 4.59. The van der Waals surface area contributed by atoms with Gasteiger partial charge in [0, 0.05) is 0 Å². The van der Waals surface area contributed by atoms with Crippen molar-refractivity contribution in [3.63, 3.8) is 0 Å². The molecule has 0 fully saturated rings. The standard InChI is InChI=1S/C8H17N2O2.K/c1-2-3-4-5-6-7-8-9-10(11)12;/h2-8H2,1H3;/q-1;+1. The minimum absolute atomic E-state index is 0. The van der Waals surface area contributed by atoms with Crippen LogP contribution < -0.4 is 51.4 Å². The van der Waals surface area contributed by atoms with Crippen molar-refractivity contribution in [1.82, 2.24) is 0 Å². The van der Waals surface area contributed by atoms with E-state index in [9.17, 15) is 10.1 Å². The summed E-state index contributed by atoms with van der Waals surface area (Å²) in [5.74, 6) is 0. The summed E-state index contributed by atoms with van der Waals surface area (Å²) in [6.07, 6.45) is 6.85. The first-order chi connectivity index (χ1) is 5.77. The quantitative estimate of drug-likeness (QED) is 0.244. The third-order valence-corrected chi connectivity index (χ3v) is 1.73. The second-order valence-corrected chi connectivity index (χ2v) is 2.87. The molecule has 0 aromatic heterocycles. The maximum absolute atomic E-state index is 9.77. The number of nitrogens with zero attached hydrogens (tertiary/aromatic N) is 2. The molecule has 72 valence electrons. The fourth-order valence-corrected chi connectivity index (χ4v) is 1.04. The Morgan fingerprint density at radius 1 is 1.15 bits per heavy atom. The fraction of sp³-hybridized carbons (Fsp3) is 1.00. The van der Waals surface area contributed by atoms with E-state index in [4.69, 9.17) is 0 Å². The number of hydrogen-bond acceptors (Lipinski definition) is 2. The van der Waals surface area contributed by atoms with Gasteiger partial charge in [-0.05, 0) is 5.03 Å². The fourth-order valence-electron chi connectivity index (χ4n) is 1.04. The Bertz CT molecular complexity index is 123. The Morgan fingerprint density at radius 2 is 1.69 bits per heavy atom. The van der Waals surface area contributed by atoms with Gasteiger partial charge in [0.15, 0.2) is 0 Å². The second kappa shape index (κ2) is 12.8. The molecule has 0 bridgehead atoms. The van der Waals surface area contributed by atoms with Gasteiger partial charge in [-0.3, -0.25) is 10.1 Å². The zero-order valence-electron chi connectivity index (χ0n) is 8.66. The van der Waals surface area contributed by atoms with Crippen molar-refractivity contribution in [3.8, 4) is 0 Å². The summed E-state index contributed by atoms with van der Waals surface area (Å²) in [4.78, 5) is 9.77. The van der Waals surface area contributed by atoms with Crippen LogP contribution in [0.15, 0.2) is 0 Å². The van der Waals surface area contributed by atoms with E-state index in [1.807, 2.05) is 0 Å². The Labute approximate surface area is 122 Å². The molecule has 0 heterocycles. The molecule has 0 aliphatic carbocycles. The molecule has 0 aliphatic heterocycles. The summed E-state index contributed by atoms with van der Waals surface area (Å²) in [5.41, 5.74) is 3.16. The molecule has 0 saturated carbocycles. The molecule has 0 radical (unpaired) electrons. The topological polar surface area (TPSA) is 57.2 Å². The first kappa shape index (κ1) is 16.3. The zero-order chi connectivity index (χ0) is 9.23. The largest absolute Gasteiger partial charge is 1.00 e. The van der Waals surface area contributed by atoms with E-state index in [1.165, 1.54) is 25.7 Å². The minimum Gasteiger partial charge on any atom is -0.379 e. The van der Waals surface area contributed by atoms with Gasteiger partial charge in [-0.2, -0.15) is 0 Å². The van der Waals surface area contributed by atoms with E-state index in [-0.39, 0.29) is 51.4 Å². The van der Waals surface area contributed by atoms with Crippen LogP contribution in [0.5, 0.6) is 0 Å². The van der Waals surface area contributed by atoms with Gasteiger partial charge in [-0.25, -0.2) is 0 Å². The van der Waals surface area contributed by atoms with Gasteiger partial charge in [0.1, 0.15) is 0 Å². The Hall–Kier alpha value is 0.836. The van der Waals surface area contributed by atoms with Crippen LogP contribution in [-0.4, -0.2) is 11.6 Å². The summed E-state index contributed by atoms with van der Waals surface area (Å²) in [6.45, 7) is 2.54. The van der Waals surface area contributed by atoms with Crippen molar-refractivity contribution in [1.29, 1.82) is 0 Å². The van der Waals surface area contributed by atoms with Crippen molar-refractivity contribution in [2.24, 2.45) is 0 Å². The van der Waals surface area contributed by atoms with Crippen LogP contribution in [-0.2, 0) is 0 Å². The summed E-state index contributed by atoms with van der Waals surface area (Å²) in [5, 5.41) is 9.17. The van der Waals surface area contributed by atoms with Gasteiger partial charge in [-0.15, -0.1) is 0 Å². The molecular formula is C8H17KN2O2. The maximum Gasteiger partial charge on any atom is 1.00 e. The Morgan fingerprint density at radius 3 is 2.23 bits per heavy atom. The summed E-state index contributed by atoms with van der Waals surface area (Å²) >= 11 is 0. The predicted octanol–water partition coefficient (Wildman–Crippen LogP) is -0.0837. The van der Waals surface area contributed by atoms with Gasteiger partial charge in [0.05, 0.1) is 0 Å². The Kier molecular flexibility index (Phi) is 16.1. The number of hydrogen-bond donors (Lipinski definition) is 0. The van der Waals surface area contributed by atoms with E-state index in [0.29, 0.717) is 6.54 Å². The molecule has 0 saturated heterocycles. The summed E-state index contributed by atoms with van der Waals surface area (Å²) < 4.78 is 0. The molecule has 0 rings (SSSR count). The van der Waals surface area contributed by atoms with Crippen molar-refractivity contribution in [2.45, 2.75) is 45.4 Å². The molecule has 0 unspecified atom stereocenters. The van der Waals surface area contributed by atoms with E-state index >= 15 is 0 Å². The molecule has 0 aliphatic rings. The van der Waals surface area contributed by atoms with Gasteiger partial charge in [0.2, 0.25) is 0 Å². The molecular weight excluding hydrogens is 195 g/mol. The van der Waals surface area contributed by atoms with Crippen LogP contribution in [0.1, 0.15) is 45.4 Å². The molecule has 0 N–H and O–H groups in total. The Balaban J connectivity index is 0. The third-order valence-electron chi connectivity index (χ3n) is 1.73. The van der Waals surface area contributed by atoms with Crippen LogP contribution >= 0.6 is 0 Å². The third kappa shape index (κ3) is 15.6. The zero-order valence-corrected chi connectivity index (χ0v) is 11.8. The van der Waals surface area contributed by atoms with E-state index < -0.39 is 5.03 Å². The maximum atomic E-state index is 9.77. The molecule has 0 amide bonds. The summed E-state index contributed by atoms with van der Waals surface area (Å²) in [7, 11) is 0. The van der Waals surface area contributed by atoms with Crippen molar-refractivity contribution in [3.05, 3.63) is 15.5 Å². The summed E-state index contributed by atoms with van der Waals surface area (Å²) in [6, 6.07) is 0. The molecule has 5 heteroatoms. The molecule has 0 aromatic rings. The van der Waals surface area contributed by atoms with Crippen molar-refractivity contribution in [2.75, 3.05) is 6.54 Å². The minimum atomic E-state index is -0.605. The van der Waals surface area contributed by atoms with E-state index in [0.717, 1.165) is 12.8 Å². The van der Waals surface area contributed by atoms with Crippen molar-refractivity contribution >= 4 is 0 Å². The van der Waals surface area contributed by atoms with Gasteiger partial charge in [0.25, 0.3) is 0 Å². The average Bonchev–Trinajstić information content (AvgIpc) is 2.02. The van der Waals surface area contributed by atoms with Gasteiger partial charge >= 0.3 is 51.4 Å². The van der Waals surface area contributed by atoms with Crippen LogP contribution in [0.2, 0.25) is 0 Å². The molecule has 0 spiro atoms. The van der Waals surface area contributed by atoms with Gasteiger partial charge in [-0.1, -0.05) is 52.0 Å². The van der Waals surface area contributed by atoms with Gasteiger partial charge < -0.3 is 5.43 Å². The molecule has 0 atom stereocenters. The smallest absolute Gasteiger partial charge is 0.379 e. The van der Waals surface area contributed by atoms with Crippen molar-refractivity contribution < 1.29 is 56.4 Å². The van der Waals surface area contributed by atoms with E-state index in [2.05, 4.69) is 12.3 Å². The predicted molar refractivity (Wildman–Crippen MR) is 48.6 cm³/mol. The molecule has 13 heavy (non-hydrogen) atoms. The average molecular weight is 212 g/mol. The number of nitro groups is 1. The van der Waals surface area contributed by atoms with Crippen LogP contribution in [0.25, 0.3) is 5.43 Å². The van der Waals surface area contributed by atoms with E-state index in [1.54, 1.807) is 0 Å². The number of rotatable bonds is 8. The number of unbranched alkanes of at least 4 members (excludes halogenated alkanes) is 5. The van der Waals surface area contributed by atoms with Crippen LogP contribution in [0.4, 0.5) is 0 Å².